The molecule has 0 saturated carbocycles. The van der Waals surface area contributed by atoms with E-state index in [-0.39, 0.29) is 40.3 Å². The molecule has 1 heterocycles. The van der Waals surface area contributed by atoms with Crippen molar-refractivity contribution in [2.75, 3.05) is 0 Å². The number of esters is 1. The molecule has 0 fully saturated rings. The van der Waals surface area contributed by atoms with E-state index in [0.29, 0.717) is 21.8 Å². The fourth-order valence-corrected chi connectivity index (χ4v) is 2.57. The first-order valence-corrected chi connectivity index (χ1v) is 7.83. The molecule has 1 N–H and O–H groups in total. The lowest BCUT2D eigenvalue weighted by molar-refractivity contribution is -0.389. The second kappa shape index (κ2) is 9.16. The highest BCUT2D eigenvalue weighted by Gasteiger charge is 2.23. The number of hydrogen-bond donors (Lipinski definition) is 0. The van der Waals surface area contributed by atoms with Gasteiger partial charge in [-0.1, -0.05) is 23.2 Å². The number of H-pyrrole nitrogens is 1. The number of pyridine rings is 1. The zero-order chi connectivity index (χ0) is 17.0. The molecule has 128 valence electrons. The van der Waals surface area contributed by atoms with Gasteiger partial charge in [-0.25, -0.2) is 9.78 Å². The van der Waals surface area contributed by atoms with Crippen LogP contribution in [0.4, 0.5) is 0 Å². The van der Waals surface area contributed by atoms with Crippen LogP contribution in [0.3, 0.4) is 0 Å². The molecule has 0 amide bonds. The molecule has 0 bridgehead atoms. The fourth-order valence-electron chi connectivity index (χ4n) is 2.06. The minimum absolute atomic E-state index is 0. The van der Waals surface area contributed by atoms with Crippen molar-refractivity contribution in [2.24, 2.45) is 0 Å². The standard InChI is InChI=1S/C17H15Cl2NO3.BrH/c1-10(2)23-17(22)13-4-3-7-20-15(13)9-16(21)12-6-5-11(18)8-14(12)19;/h3-8,10H,9H2,1-2H3;1H. The second-order valence-corrected chi connectivity index (χ2v) is 6.08. The smallest absolute Gasteiger partial charge is 0.344 e. The number of aromatic nitrogens is 1. The van der Waals surface area contributed by atoms with E-state index in [1.54, 1.807) is 44.3 Å². The molecule has 0 saturated heterocycles. The summed E-state index contributed by atoms with van der Waals surface area (Å²) in [6, 6.07) is 7.98. The fraction of sp³-hybridized carbons (Fsp3) is 0.235. The predicted molar refractivity (Wildman–Crippen MR) is 88.0 cm³/mol. The number of ether oxygens (including phenoxy) is 1. The quantitative estimate of drug-likeness (QED) is 0.518. The minimum Gasteiger partial charge on any atom is -1.00 e. The van der Waals surface area contributed by atoms with Crippen LogP contribution in [0, 0.1) is 0 Å². The Morgan fingerprint density at radius 3 is 2.50 bits per heavy atom. The van der Waals surface area contributed by atoms with Crippen LogP contribution in [0.5, 0.6) is 0 Å². The van der Waals surface area contributed by atoms with E-state index in [0.717, 1.165) is 0 Å². The maximum absolute atomic E-state index is 12.4. The number of rotatable bonds is 5. The van der Waals surface area contributed by atoms with Crippen LogP contribution in [-0.4, -0.2) is 17.9 Å². The number of carbonyl (C=O) groups excluding carboxylic acids is 2. The summed E-state index contributed by atoms with van der Waals surface area (Å²) in [6.07, 6.45) is 1.42. The van der Waals surface area contributed by atoms with Gasteiger partial charge in [0.25, 0.3) is 0 Å². The number of Topliss-reactive ketones (excluding diaryl/α,β-unsaturated/α-hetero) is 1. The maximum atomic E-state index is 12.4. The average molecular weight is 433 g/mol. The van der Waals surface area contributed by atoms with E-state index < -0.39 is 5.97 Å². The van der Waals surface area contributed by atoms with Gasteiger partial charge in [-0.05, 0) is 38.1 Å². The van der Waals surface area contributed by atoms with Crippen LogP contribution in [-0.2, 0) is 11.2 Å². The Morgan fingerprint density at radius 1 is 1.17 bits per heavy atom. The zero-order valence-corrected chi connectivity index (χ0v) is 16.2. The lowest BCUT2D eigenvalue weighted by atomic mass is 10.0. The summed E-state index contributed by atoms with van der Waals surface area (Å²) in [5.74, 6) is -0.686. The number of halogens is 3. The van der Waals surface area contributed by atoms with Crippen molar-refractivity contribution in [3.8, 4) is 0 Å². The Hall–Kier alpha value is -1.43. The van der Waals surface area contributed by atoms with E-state index >= 15 is 0 Å². The Morgan fingerprint density at radius 2 is 1.88 bits per heavy atom. The molecule has 0 aliphatic heterocycles. The summed E-state index contributed by atoms with van der Waals surface area (Å²) in [6.45, 7) is 3.53. The molecule has 4 nitrogen and oxygen atoms in total. The third kappa shape index (κ3) is 5.30. The molecule has 0 aliphatic carbocycles. The minimum atomic E-state index is -0.471. The largest absolute Gasteiger partial charge is 1.00 e. The molecule has 24 heavy (non-hydrogen) atoms. The number of ketones is 1. The summed E-state index contributed by atoms with van der Waals surface area (Å²) in [5.41, 5.74) is 1.17. The molecule has 1 aromatic heterocycles. The van der Waals surface area contributed by atoms with Crippen molar-refractivity contribution in [3.05, 3.63) is 63.4 Å². The topological polar surface area (TPSA) is 57.5 Å². The molecule has 0 atom stereocenters. The van der Waals surface area contributed by atoms with Gasteiger partial charge in [-0.15, -0.1) is 0 Å². The van der Waals surface area contributed by atoms with E-state index in [2.05, 4.69) is 4.98 Å². The van der Waals surface area contributed by atoms with E-state index in [4.69, 9.17) is 27.9 Å². The molecule has 0 spiro atoms. The monoisotopic (exact) mass is 431 g/mol. The van der Waals surface area contributed by atoms with Crippen LogP contribution < -0.4 is 22.0 Å². The average Bonchev–Trinajstić information content (AvgIpc) is 2.46. The first kappa shape index (κ1) is 20.6. The molecule has 2 rings (SSSR count). The van der Waals surface area contributed by atoms with Crippen molar-refractivity contribution in [3.63, 3.8) is 0 Å². The zero-order valence-electron chi connectivity index (χ0n) is 13.1. The summed E-state index contributed by atoms with van der Waals surface area (Å²) < 4.78 is 5.19. The summed E-state index contributed by atoms with van der Waals surface area (Å²) in [7, 11) is 0. The highest BCUT2D eigenvalue weighted by Crippen LogP contribution is 2.22. The Bertz CT molecular complexity index is 750. The van der Waals surface area contributed by atoms with Crippen LogP contribution in [0.1, 0.15) is 40.3 Å². The lowest BCUT2D eigenvalue weighted by Gasteiger charge is -2.08. The number of benzene rings is 1. The second-order valence-electron chi connectivity index (χ2n) is 5.24. The van der Waals surface area contributed by atoms with Crippen molar-refractivity contribution in [1.29, 1.82) is 0 Å². The first-order valence-electron chi connectivity index (χ1n) is 7.07. The lowest BCUT2D eigenvalue weighted by Crippen LogP contribution is -3.00. The van der Waals surface area contributed by atoms with Gasteiger partial charge in [-0.3, -0.25) is 4.79 Å². The van der Waals surface area contributed by atoms with Crippen LogP contribution in [0.25, 0.3) is 0 Å². The van der Waals surface area contributed by atoms with Crippen molar-refractivity contribution < 1.29 is 36.3 Å². The van der Waals surface area contributed by atoms with Gasteiger partial charge >= 0.3 is 5.97 Å². The Balaban J connectivity index is 0.00000288. The first-order chi connectivity index (χ1) is 10.9. The van der Waals surface area contributed by atoms with Gasteiger partial charge in [0.1, 0.15) is 5.56 Å². The predicted octanol–water partition coefficient (Wildman–Crippen LogP) is 0.802. The van der Waals surface area contributed by atoms with Crippen molar-refractivity contribution in [2.45, 2.75) is 26.4 Å². The van der Waals surface area contributed by atoms with E-state index in [1.807, 2.05) is 0 Å². The SMILES string of the molecule is CC(C)OC(=O)c1ccc[nH+]c1CC(=O)c1ccc(Cl)cc1Cl.[Br-]. The van der Waals surface area contributed by atoms with Gasteiger partial charge in [0, 0.05) is 16.7 Å². The van der Waals surface area contributed by atoms with Crippen molar-refractivity contribution in [1.82, 2.24) is 0 Å². The molecule has 2 aromatic rings. The van der Waals surface area contributed by atoms with E-state index in [9.17, 15) is 9.59 Å². The third-order valence-electron chi connectivity index (χ3n) is 3.07. The molecule has 0 unspecified atom stereocenters. The number of carbonyl (C=O) groups is 2. The highest BCUT2D eigenvalue weighted by molar-refractivity contribution is 6.36. The van der Waals surface area contributed by atoms with Gasteiger partial charge in [0.15, 0.2) is 12.0 Å². The van der Waals surface area contributed by atoms with Gasteiger partial charge in [0.2, 0.25) is 5.69 Å². The summed E-state index contributed by atoms with van der Waals surface area (Å²) in [5, 5.41) is 0.740. The molecular formula is C17H16BrCl2NO3. The van der Waals surface area contributed by atoms with Crippen LogP contribution in [0.15, 0.2) is 36.5 Å². The van der Waals surface area contributed by atoms with Crippen LogP contribution in [0.2, 0.25) is 10.0 Å². The maximum Gasteiger partial charge on any atom is 0.344 e. The summed E-state index contributed by atoms with van der Waals surface area (Å²) in [4.78, 5) is 27.5. The highest BCUT2D eigenvalue weighted by atomic mass is 79.9. The van der Waals surface area contributed by atoms with E-state index in [1.165, 1.54) is 6.07 Å². The molecular weight excluding hydrogens is 417 g/mol. The number of hydrogen-bond acceptors (Lipinski definition) is 3. The molecule has 0 aliphatic rings. The van der Waals surface area contributed by atoms with Crippen molar-refractivity contribution >= 4 is 35.0 Å². The number of nitrogens with one attached hydrogen (secondary N) is 1. The van der Waals surface area contributed by atoms with Gasteiger partial charge in [0.05, 0.1) is 17.5 Å². The van der Waals surface area contributed by atoms with Gasteiger partial charge < -0.3 is 21.7 Å². The Labute approximate surface area is 160 Å². The van der Waals surface area contributed by atoms with Gasteiger partial charge in [-0.2, -0.15) is 0 Å². The summed E-state index contributed by atoms with van der Waals surface area (Å²) >= 11 is 11.9. The van der Waals surface area contributed by atoms with Crippen LogP contribution >= 0.6 is 23.2 Å². The molecule has 1 aromatic carbocycles. The third-order valence-corrected chi connectivity index (χ3v) is 3.62. The molecule has 7 heteroatoms. The normalized spacial score (nSPS) is 10.2. The molecule has 0 radical (unpaired) electrons. The number of aromatic amines is 1. The Kier molecular flexibility index (Phi) is 7.87.